The summed E-state index contributed by atoms with van der Waals surface area (Å²) in [5.74, 6) is 2.50. The van der Waals surface area contributed by atoms with Crippen molar-refractivity contribution in [2.45, 2.75) is 63.5 Å². The Bertz CT molecular complexity index is 715. The van der Waals surface area contributed by atoms with Gasteiger partial charge in [0, 0.05) is 38.0 Å². The van der Waals surface area contributed by atoms with E-state index in [0.717, 1.165) is 62.3 Å². The molecular weight excluding hydrogens is 360 g/mol. The Kier molecular flexibility index (Phi) is 5.88. The maximum absolute atomic E-state index is 12.2. The van der Waals surface area contributed by atoms with Crippen LogP contribution in [0.1, 0.15) is 51.4 Å². The lowest BCUT2D eigenvalue weighted by Crippen LogP contribution is -2.42. The smallest absolute Gasteiger partial charge is 0.231 e. The molecule has 1 aromatic carbocycles. The molecule has 0 unspecified atom stereocenters. The number of ether oxygens (including phenoxy) is 3. The van der Waals surface area contributed by atoms with Crippen LogP contribution in [0.25, 0.3) is 0 Å². The number of rotatable bonds is 6. The van der Waals surface area contributed by atoms with Crippen LogP contribution in [0.15, 0.2) is 18.2 Å². The van der Waals surface area contributed by atoms with E-state index in [1.165, 1.54) is 0 Å². The van der Waals surface area contributed by atoms with Crippen LogP contribution in [0.2, 0.25) is 0 Å². The van der Waals surface area contributed by atoms with Crippen molar-refractivity contribution >= 4 is 11.8 Å². The van der Waals surface area contributed by atoms with Gasteiger partial charge in [-0.1, -0.05) is 0 Å². The van der Waals surface area contributed by atoms with E-state index < -0.39 is 0 Å². The van der Waals surface area contributed by atoms with Crippen molar-refractivity contribution in [2.24, 2.45) is 0 Å². The Morgan fingerprint density at radius 3 is 2.79 bits per heavy atom. The van der Waals surface area contributed by atoms with Crippen molar-refractivity contribution in [1.82, 2.24) is 10.2 Å². The first-order chi connectivity index (χ1) is 13.7. The number of amides is 2. The fourth-order valence-corrected chi connectivity index (χ4v) is 4.10. The maximum Gasteiger partial charge on any atom is 0.231 e. The zero-order chi connectivity index (χ0) is 19.3. The van der Waals surface area contributed by atoms with Gasteiger partial charge in [-0.15, -0.1) is 0 Å². The summed E-state index contributed by atoms with van der Waals surface area (Å²) >= 11 is 0. The summed E-state index contributed by atoms with van der Waals surface area (Å²) in [5, 5.41) is 3.12. The van der Waals surface area contributed by atoms with Crippen LogP contribution in [0.4, 0.5) is 0 Å². The molecule has 0 spiro atoms. The third-order valence-corrected chi connectivity index (χ3v) is 5.72. The fraction of sp³-hybridized carbons (Fsp3) is 0.619. The SMILES string of the molecule is O=C(CCN1CCCCC1=O)NC1CCC(Oc2ccc3c(c2)OCO3)CC1. The lowest BCUT2D eigenvalue weighted by molar-refractivity contribution is -0.133. The number of nitrogens with zero attached hydrogens (tertiary/aromatic N) is 1. The molecule has 1 N–H and O–H groups in total. The van der Waals surface area contributed by atoms with E-state index in [2.05, 4.69) is 5.32 Å². The highest BCUT2D eigenvalue weighted by Gasteiger charge is 2.25. The largest absolute Gasteiger partial charge is 0.490 e. The second kappa shape index (κ2) is 8.71. The highest BCUT2D eigenvalue weighted by molar-refractivity contribution is 5.79. The summed E-state index contributed by atoms with van der Waals surface area (Å²) in [6, 6.07) is 5.85. The molecule has 1 aromatic rings. The van der Waals surface area contributed by atoms with Crippen molar-refractivity contribution in [3.8, 4) is 17.2 Å². The molecule has 2 heterocycles. The molecule has 0 radical (unpaired) electrons. The van der Waals surface area contributed by atoms with Gasteiger partial charge < -0.3 is 24.4 Å². The summed E-state index contributed by atoms with van der Waals surface area (Å²) in [6.07, 6.45) is 6.80. The maximum atomic E-state index is 12.2. The molecule has 152 valence electrons. The number of carbonyl (C=O) groups is 2. The van der Waals surface area contributed by atoms with Crippen LogP contribution >= 0.6 is 0 Å². The van der Waals surface area contributed by atoms with Gasteiger partial charge in [-0.2, -0.15) is 0 Å². The summed E-state index contributed by atoms with van der Waals surface area (Å²) in [6.45, 7) is 1.58. The fourth-order valence-electron chi connectivity index (χ4n) is 4.10. The molecule has 0 bridgehead atoms. The van der Waals surface area contributed by atoms with Gasteiger partial charge in [0.1, 0.15) is 5.75 Å². The summed E-state index contributed by atoms with van der Waals surface area (Å²) < 4.78 is 16.8. The molecule has 7 nitrogen and oxygen atoms in total. The molecule has 2 aliphatic heterocycles. The number of piperidine rings is 1. The highest BCUT2D eigenvalue weighted by Crippen LogP contribution is 2.36. The van der Waals surface area contributed by atoms with Crippen molar-refractivity contribution in [2.75, 3.05) is 19.9 Å². The number of benzene rings is 1. The average Bonchev–Trinajstić information content (AvgIpc) is 3.17. The van der Waals surface area contributed by atoms with Gasteiger partial charge >= 0.3 is 0 Å². The van der Waals surface area contributed by atoms with Crippen LogP contribution < -0.4 is 19.5 Å². The van der Waals surface area contributed by atoms with E-state index in [9.17, 15) is 9.59 Å². The van der Waals surface area contributed by atoms with Gasteiger partial charge in [-0.05, 0) is 50.7 Å². The van der Waals surface area contributed by atoms with E-state index >= 15 is 0 Å². The molecular formula is C21H28N2O5. The Morgan fingerprint density at radius 1 is 1.14 bits per heavy atom. The first kappa shape index (κ1) is 18.9. The summed E-state index contributed by atoms with van der Waals surface area (Å²) in [5.41, 5.74) is 0. The minimum absolute atomic E-state index is 0.0403. The van der Waals surface area contributed by atoms with Crippen LogP contribution in [-0.4, -0.2) is 48.7 Å². The van der Waals surface area contributed by atoms with E-state index in [1.807, 2.05) is 23.1 Å². The Balaban J connectivity index is 1.17. The van der Waals surface area contributed by atoms with Gasteiger partial charge in [0.15, 0.2) is 11.5 Å². The second-order valence-corrected chi connectivity index (χ2v) is 7.76. The molecule has 3 aliphatic rings. The molecule has 0 aromatic heterocycles. The predicted octanol–water partition coefficient (Wildman–Crippen LogP) is 2.62. The Morgan fingerprint density at radius 2 is 1.96 bits per heavy atom. The van der Waals surface area contributed by atoms with E-state index in [1.54, 1.807) is 0 Å². The van der Waals surface area contributed by atoms with Crippen molar-refractivity contribution in [3.63, 3.8) is 0 Å². The number of fused-ring (bicyclic) bond motifs is 1. The quantitative estimate of drug-likeness (QED) is 0.811. The van der Waals surface area contributed by atoms with Gasteiger partial charge in [0.05, 0.1) is 6.10 Å². The van der Waals surface area contributed by atoms with Crippen molar-refractivity contribution in [1.29, 1.82) is 0 Å². The minimum Gasteiger partial charge on any atom is -0.490 e. The van der Waals surface area contributed by atoms with Gasteiger partial charge in [-0.25, -0.2) is 0 Å². The number of likely N-dealkylation sites (tertiary alicyclic amines) is 1. The average molecular weight is 388 g/mol. The zero-order valence-corrected chi connectivity index (χ0v) is 16.2. The molecule has 1 aliphatic carbocycles. The summed E-state index contributed by atoms with van der Waals surface area (Å²) in [4.78, 5) is 25.9. The van der Waals surface area contributed by atoms with Crippen LogP contribution in [0.3, 0.4) is 0 Å². The number of nitrogens with one attached hydrogen (secondary N) is 1. The molecule has 1 saturated heterocycles. The van der Waals surface area contributed by atoms with Crippen LogP contribution in [0.5, 0.6) is 17.2 Å². The van der Waals surface area contributed by atoms with E-state index in [-0.39, 0.29) is 30.8 Å². The zero-order valence-electron chi connectivity index (χ0n) is 16.2. The third-order valence-electron chi connectivity index (χ3n) is 5.72. The molecule has 0 atom stereocenters. The third kappa shape index (κ3) is 4.69. The second-order valence-electron chi connectivity index (χ2n) is 7.76. The van der Waals surface area contributed by atoms with Gasteiger partial charge in [0.25, 0.3) is 0 Å². The summed E-state index contributed by atoms with van der Waals surface area (Å²) in [7, 11) is 0. The molecule has 2 amide bonds. The number of carbonyl (C=O) groups excluding carboxylic acids is 2. The molecule has 2 fully saturated rings. The lowest BCUT2D eigenvalue weighted by atomic mass is 9.92. The first-order valence-corrected chi connectivity index (χ1v) is 10.3. The van der Waals surface area contributed by atoms with Crippen molar-refractivity contribution in [3.05, 3.63) is 18.2 Å². The van der Waals surface area contributed by atoms with Gasteiger partial charge in [0.2, 0.25) is 18.6 Å². The van der Waals surface area contributed by atoms with Crippen LogP contribution in [-0.2, 0) is 9.59 Å². The standard InChI is InChI=1S/C21H28N2O5/c24-20(10-12-23-11-2-1-3-21(23)25)22-15-4-6-16(7-5-15)28-17-8-9-18-19(13-17)27-14-26-18/h8-9,13,15-16H,1-7,10-12,14H2,(H,22,24). The van der Waals surface area contributed by atoms with E-state index in [4.69, 9.17) is 14.2 Å². The Hall–Kier alpha value is -2.44. The van der Waals surface area contributed by atoms with E-state index in [0.29, 0.717) is 19.4 Å². The van der Waals surface area contributed by atoms with Crippen molar-refractivity contribution < 1.29 is 23.8 Å². The number of hydrogen-bond acceptors (Lipinski definition) is 5. The minimum atomic E-state index is 0.0403. The number of hydrogen-bond donors (Lipinski definition) is 1. The first-order valence-electron chi connectivity index (χ1n) is 10.3. The monoisotopic (exact) mass is 388 g/mol. The molecule has 28 heavy (non-hydrogen) atoms. The Labute approximate surface area is 165 Å². The topological polar surface area (TPSA) is 77.1 Å². The highest BCUT2D eigenvalue weighted by atomic mass is 16.7. The molecule has 4 rings (SSSR count). The predicted molar refractivity (Wildman–Crippen MR) is 102 cm³/mol. The lowest BCUT2D eigenvalue weighted by Gasteiger charge is -2.30. The van der Waals surface area contributed by atoms with Gasteiger partial charge in [-0.3, -0.25) is 9.59 Å². The molecule has 1 saturated carbocycles. The van der Waals surface area contributed by atoms with Crippen LogP contribution in [0, 0.1) is 0 Å². The molecule has 7 heteroatoms. The normalized spacial score (nSPS) is 24.1.